The highest BCUT2D eigenvalue weighted by molar-refractivity contribution is 5.84. The molecule has 1 aromatic heterocycles. The molecule has 1 aromatic rings. The molecule has 2 aliphatic rings. The lowest BCUT2D eigenvalue weighted by Gasteiger charge is -2.36. The quantitative estimate of drug-likeness (QED) is 0.832. The Morgan fingerprint density at radius 3 is 3.11 bits per heavy atom. The first-order valence-corrected chi connectivity index (χ1v) is 5.94. The molecule has 2 heterocycles. The van der Waals surface area contributed by atoms with E-state index < -0.39 is 0 Å². The molecule has 0 fully saturated rings. The highest BCUT2D eigenvalue weighted by Crippen LogP contribution is 2.24. The van der Waals surface area contributed by atoms with Crippen molar-refractivity contribution in [1.29, 1.82) is 5.41 Å². The zero-order valence-corrected chi connectivity index (χ0v) is 9.88. The molecule has 0 saturated heterocycles. The van der Waals surface area contributed by atoms with E-state index in [1.54, 1.807) is 6.20 Å². The lowest BCUT2D eigenvalue weighted by atomic mass is 9.96. The summed E-state index contributed by atoms with van der Waals surface area (Å²) in [5.74, 6) is 1.31. The predicted molar refractivity (Wildman–Crippen MR) is 72.2 cm³/mol. The number of allylic oxidation sites excluding steroid dienone is 2. The fourth-order valence-electron chi connectivity index (χ4n) is 2.14. The molecule has 4 nitrogen and oxygen atoms in total. The summed E-state index contributed by atoms with van der Waals surface area (Å²) in [6, 6.07) is 5.78. The van der Waals surface area contributed by atoms with Gasteiger partial charge in [0.05, 0.1) is 6.04 Å². The van der Waals surface area contributed by atoms with Crippen molar-refractivity contribution >= 4 is 11.7 Å². The highest BCUT2D eigenvalue weighted by atomic mass is 15.5. The molecule has 0 radical (unpaired) electrons. The van der Waals surface area contributed by atoms with Crippen molar-refractivity contribution < 1.29 is 0 Å². The molecule has 0 aromatic carbocycles. The van der Waals surface area contributed by atoms with Crippen LogP contribution in [0.1, 0.15) is 6.42 Å². The van der Waals surface area contributed by atoms with Crippen LogP contribution < -0.4 is 5.43 Å². The number of pyridine rings is 1. The number of nitrogens with one attached hydrogen (secondary N) is 2. The Balaban J connectivity index is 1.87. The van der Waals surface area contributed by atoms with Crippen molar-refractivity contribution in [2.45, 2.75) is 12.5 Å². The van der Waals surface area contributed by atoms with E-state index in [9.17, 15) is 0 Å². The third kappa shape index (κ3) is 1.93. The van der Waals surface area contributed by atoms with E-state index in [-0.39, 0.29) is 6.04 Å². The number of rotatable bonds is 2. The second-order valence-corrected chi connectivity index (χ2v) is 4.24. The van der Waals surface area contributed by atoms with Crippen LogP contribution in [-0.4, -0.2) is 21.9 Å². The van der Waals surface area contributed by atoms with Gasteiger partial charge in [-0.1, -0.05) is 36.4 Å². The number of fused-ring (bicyclic) bond motifs is 1. The van der Waals surface area contributed by atoms with Crippen molar-refractivity contribution in [2.24, 2.45) is 0 Å². The summed E-state index contributed by atoms with van der Waals surface area (Å²) in [4.78, 5) is 4.23. The van der Waals surface area contributed by atoms with Crippen LogP contribution in [0.4, 0.5) is 5.82 Å². The Morgan fingerprint density at radius 1 is 1.33 bits per heavy atom. The van der Waals surface area contributed by atoms with Gasteiger partial charge in [-0.2, -0.15) is 0 Å². The van der Waals surface area contributed by atoms with Gasteiger partial charge in [-0.3, -0.25) is 15.8 Å². The van der Waals surface area contributed by atoms with Crippen LogP contribution in [0, 0.1) is 5.41 Å². The topological polar surface area (TPSA) is 52.0 Å². The van der Waals surface area contributed by atoms with Crippen molar-refractivity contribution in [2.75, 3.05) is 5.43 Å². The first-order chi connectivity index (χ1) is 8.84. The Bertz CT molecular complexity index is 542. The zero-order valence-electron chi connectivity index (χ0n) is 9.88. The highest BCUT2D eigenvalue weighted by Gasteiger charge is 2.26. The maximum atomic E-state index is 8.05. The van der Waals surface area contributed by atoms with Crippen LogP contribution in [0.25, 0.3) is 0 Å². The Labute approximate surface area is 106 Å². The minimum absolute atomic E-state index is 0.0817. The summed E-state index contributed by atoms with van der Waals surface area (Å²) in [6.45, 7) is 0. The Morgan fingerprint density at radius 2 is 2.28 bits per heavy atom. The second-order valence-electron chi connectivity index (χ2n) is 4.24. The summed E-state index contributed by atoms with van der Waals surface area (Å²) < 4.78 is 0. The van der Waals surface area contributed by atoms with Gasteiger partial charge in [0.2, 0.25) is 0 Å². The first-order valence-electron chi connectivity index (χ1n) is 5.94. The largest absolute Gasteiger partial charge is 0.287 e. The van der Waals surface area contributed by atoms with Crippen LogP contribution in [-0.2, 0) is 0 Å². The first kappa shape index (κ1) is 10.8. The molecule has 0 spiro atoms. The fraction of sp³-hybridized carbons (Fsp3) is 0.143. The van der Waals surface area contributed by atoms with Gasteiger partial charge in [-0.25, -0.2) is 4.98 Å². The lowest BCUT2D eigenvalue weighted by Crippen LogP contribution is -2.46. The summed E-state index contributed by atoms with van der Waals surface area (Å²) in [5.41, 5.74) is 4.42. The lowest BCUT2D eigenvalue weighted by molar-refractivity contribution is 0.443. The van der Waals surface area contributed by atoms with Crippen LogP contribution in [0.5, 0.6) is 0 Å². The van der Waals surface area contributed by atoms with E-state index in [1.807, 2.05) is 35.4 Å². The van der Waals surface area contributed by atoms with Gasteiger partial charge in [0, 0.05) is 12.6 Å². The fourth-order valence-corrected chi connectivity index (χ4v) is 2.14. The molecular formula is C14H14N4. The molecule has 4 heteroatoms. The summed E-state index contributed by atoms with van der Waals surface area (Å²) >= 11 is 0. The minimum Gasteiger partial charge on any atom is -0.287 e. The number of nitrogens with zero attached hydrogens (tertiary/aromatic N) is 2. The van der Waals surface area contributed by atoms with Gasteiger partial charge in [0.25, 0.3) is 0 Å². The van der Waals surface area contributed by atoms with Crippen LogP contribution in [0.2, 0.25) is 0 Å². The SMILES string of the molecule is N=C1CC=C2C=CC=CC2N1Nc1ccccn1. The van der Waals surface area contributed by atoms with Gasteiger partial charge in [0.15, 0.2) is 0 Å². The average Bonchev–Trinajstić information content (AvgIpc) is 2.43. The normalized spacial score (nSPS) is 21.6. The standard InChI is InChI=1S/C14H14N4/c15-13-9-8-11-5-1-2-6-12(11)18(13)17-14-7-3-4-10-16-14/h1-8,10,12,15H,9H2,(H,16,17). The van der Waals surface area contributed by atoms with Gasteiger partial charge >= 0.3 is 0 Å². The molecule has 0 bridgehead atoms. The molecule has 18 heavy (non-hydrogen) atoms. The molecule has 1 aliphatic carbocycles. The van der Waals surface area contributed by atoms with Gasteiger partial charge in [-0.15, -0.1) is 0 Å². The van der Waals surface area contributed by atoms with Gasteiger partial charge in [0.1, 0.15) is 11.7 Å². The van der Waals surface area contributed by atoms with Crippen molar-refractivity contribution in [3.8, 4) is 0 Å². The van der Waals surface area contributed by atoms with E-state index in [1.165, 1.54) is 5.57 Å². The number of aromatic nitrogens is 1. The number of anilines is 1. The summed E-state index contributed by atoms with van der Waals surface area (Å²) in [7, 11) is 0. The molecule has 1 atom stereocenters. The summed E-state index contributed by atoms with van der Waals surface area (Å²) in [6.07, 6.45) is 12.7. The van der Waals surface area contributed by atoms with E-state index in [2.05, 4.69) is 28.6 Å². The number of hydrogen-bond donors (Lipinski definition) is 2. The monoisotopic (exact) mass is 238 g/mol. The van der Waals surface area contributed by atoms with Crippen LogP contribution >= 0.6 is 0 Å². The summed E-state index contributed by atoms with van der Waals surface area (Å²) in [5, 5.41) is 9.91. The molecule has 0 amide bonds. The molecular weight excluding hydrogens is 224 g/mol. The maximum Gasteiger partial charge on any atom is 0.144 e. The van der Waals surface area contributed by atoms with E-state index in [0.29, 0.717) is 12.3 Å². The molecule has 3 rings (SSSR count). The minimum atomic E-state index is 0.0817. The van der Waals surface area contributed by atoms with Crippen molar-refractivity contribution in [1.82, 2.24) is 9.99 Å². The van der Waals surface area contributed by atoms with Crippen molar-refractivity contribution in [3.63, 3.8) is 0 Å². The zero-order chi connectivity index (χ0) is 12.4. The van der Waals surface area contributed by atoms with Gasteiger partial charge < -0.3 is 0 Å². The van der Waals surface area contributed by atoms with Crippen LogP contribution in [0.3, 0.4) is 0 Å². The van der Waals surface area contributed by atoms with Crippen molar-refractivity contribution in [3.05, 3.63) is 60.3 Å². The third-order valence-electron chi connectivity index (χ3n) is 3.03. The molecule has 0 saturated carbocycles. The number of hydrazine groups is 1. The predicted octanol–water partition coefficient (Wildman–Crippen LogP) is 2.51. The van der Waals surface area contributed by atoms with E-state index in [0.717, 1.165) is 5.82 Å². The average molecular weight is 238 g/mol. The third-order valence-corrected chi connectivity index (χ3v) is 3.03. The molecule has 2 N–H and O–H groups in total. The Kier molecular flexibility index (Phi) is 2.68. The van der Waals surface area contributed by atoms with E-state index >= 15 is 0 Å². The smallest absolute Gasteiger partial charge is 0.144 e. The number of hydrogen-bond acceptors (Lipinski definition) is 3. The molecule has 1 unspecified atom stereocenters. The molecule has 90 valence electrons. The maximum absolute atomic E-state index is 8.05. The second kappa shape index (κ2) is 4.49. The number of amidine groups is 1. The van der Waals surface area contributed by atoms with E-state index in [4.69, 9.17) is 5.41 Å². The van der Waals surface area contributed by atoms with Crippen LogP contribution in [0.15, 0.2) is 60.3 Å². The Hall–Kier alpha value is -2.36. The van der Waals surface area contributed by atoms with Gasteiger partial charge in [-0.05, 0) is 17.7 Å². The molecule has 1 aliphatic heterocycles.